The molecule has 1 fully saturated rings. The maximum Gasteiger partial charge on any atom is 0.235 e. The average Bonchev–Trinajstić information content (AvgIpc) is 2.50. The van der Waals surface area contributed by atoms with Crippen molar-refractivity contribution in [1.82, 2.24) is 9.80 Å². The van der Waals surface area contributed by atoms with Crippen molar-refractivity contribution in [1.29, 1.82) is 0 Å². The van der Waals surface area contributed by atoms with Crippen molar-refractivity contribution in [3.05, 3.63) is 29.3 Å². The van der Waals surface area contributed by atoms with E-state index in [1.165, 1.54) is 0 Å². The molecule has 116 valence electrons. The fourth-order valence-corrected chi connectivity index (χ4v) is 3.44. The number of carbonyl (C=O) groups excluding carboxylic acids is 1. The normalized spacial score (nSPS) is 17.8. The lowest BCUT2D eigenvalue weighted by Crippen LogP contribution is -2.51. The minimum atomic E-state index is -0.101. The van der Waals surface area contributed by atoms with E-state index in [0.29, 0.717) is 11.6 Å². The molecule has 6 heteroatoms. The number of β-amino-alcohol motifs (C(OH)–C–C–N with tert-alkyl or cyclic N) is 1. The summed E-state index contributed by atoms with van der Waals surface area (Å²) in [7, 11) is 0. The number of halogens is 1. The second kappa shape index (κ2) is 8.03. The fraction of sp³-hybridized carbons (Fsp3) is 0.533. The molecule has 0 saturated carbocycles. The highest BCUT2D eigenvalue weighted by atomic mass is 35.5. The van der Waals surface area contributed by atoms with Gasteiger partial charge >= 0.3 is 0 Å². The van der Waals surface area contributed by atoms with Gasteiger partial charge in [-0.05, 0) is 31.2 Å². The molecule has 0 aliphatic carbocycles. The number of carbonyl (C=O) groups is 1. The smallest absolute Gasteiger partial charge is 0.235 e. The van der Waals surface area contributed by atoms with Crippen LogP contribution in [0, 0.1) is 0 Å². The predicted molar refractivity (Wildman–Crippen MR) is 86.9 cm³/mol. The quantitative estimate of drug-likeness (QED) is 0.839. The van der Waals surface area contributed by atoms with E-state index in [0.717, 1.165) is 31.1 Å². The van der Waals surface area contributed by atoms with E-state index < -0.39 is 0 Å². The van der Waals surface area contributed by atoms with Crippen molar-refractivity contribution in [3.63, 3.8) is 0 Å². The maximum absolute atomic E-state index is 12.4. The lowest BCUT2D eigenvalue weighted by molar-refractivity contribution is -0.132. The number of aliphatic hydroxyl groups is 1. The molecule has 2 rings (SSSR count). The van der Waals surface area contributed by atoms with Gasteiger partial charge in [0.15, 0.2) is 0 Å². The van der Waals surface area contributed by atoms with Gasteiger partial charge in [-0.25, -0.2) is 0 Å². The highest BCUT2D eigenvalue weighted by molar-refractivity contribution is 8.00. The zero-order valence-corrected chi connectivity index (χ0v) is 13.7. The Balaban J connectivity index is 1.84. The molecule has 21 heavy (non-hydrogen) atoms. The standard InChI is InChI=1S/C15H21ClN2O2S/c1-12(21-14-4-2-13(16)3-5-14)15(20)18-8-6-17(7-9-18)10-11-19/h2-5,12,19H,6-11H2,1H3. The molecule has 1 amide bonds. The molecule has 1 aromatic rings. The monoisotopic (exact) mass is 328 g/mol. The Hall–Kier alpha value is -0.750. The number of nitrogens with zero attached hydrogens (tertiary/aromatic N) is 2. The number of rotatable bonds is 5. The van der Waals surface area contributed by atoms with Crippen LogP contribution in [-0.4, -0.2) is 65.4 Å². The van der Waals surface area contributed by atoms with Crippen molar-refractivity contribution < 1.29 is 9.90 Å². The summed E-state index contributed by atoms with van der Waals surface area (Å²) in [5, 5.41) is 9.54. The van der Waals surface area contributed by atoms with Crippen molar-refractivity contribution in [2.24, 2.45) is 0 Å². The van der Waals surface area contributed by atoms with Gasteiger partial charge < -0.3 is 10.0 Å². The zero-order chi connectivity index (χ0) is 15.2. The van der Waals surface area contributed by atoms with Gasteiger partial charge in [0.2, 0.25) is 5.91 Å². The number of aliphatic hydroxyl groups excluding tert-OH is 1. The summed E-state index contributed by atoms with van der Waals surface area (Å²) in [6.07, 6.45) is 0. The van der Waals surface area contributed by atoms with Crippen LogP contribution in [0.25, 0.3) is 0 Å². The molecular weight excluding hydrogens is 308 g/mol. The van der Waals surface area contributed by atoms with Gasteiger partial charge in [-0.1, -0.05) is 11.6 Å². The van der Waals surface area contributed by atoms with Crippen LogP contribution in [0.4, 0.5) is 0 Å². The van der Waals surface area contributed by atoms with Gasteiger partial charge in [0.1, 0.15) is 0 Å². The Kier molecular flexibility index (Phi) is 6.36. The molecule has 1 N–H and O–H groups in total. The van der Waals surface area contributed by atoms with E-state index >= 15 is 0 Å². The summed E-state index contributed by atoms with van der Waals surface area (Å²) < 4.78 is 0. The van der Waals surface area contributed by atoms with Crippen LogP contribution in [0.2, 0.25) is 5.02 Å². The Morgan fingerprint density at radius 3 is 2.48 bits per heavy atom. The summed E-state index contributed by atoms with van der Waals surface area (Å²) in [5.74, 6) is 0.179. The Bertz CT molecular complexity index is 461. The first-order valence-electron chi connectivity index (χ1n) is 7.14. The van der Waals surface area contributed by atoms with Crippen LogP contribution in [0.5, 0.6) is 0 Å². The average molecular weight is 329 g/mol. The summed E-state index contributed by atoms with van der Waals surface area (Å²) in [5.41, 5.74) is 0. The minimum Gasteiger partial charge on any atom is -0.395 e. The molecule has 0 spiro atoms. The number of hydrogen-bond acceptors (Lipinski definition) is 4. The second-order valence-corrected chi connectivity index (χ2v) is 6.96. The molecule has 1 aliphatic rings. The third kappa shape index (κ3) is 4.88. The minimum absolute atomic E-state index is 0.101. The van der Waals surface area contributed by atoms with E-state index in [1.54, 1.807) is 11.8 Å². The Labute approximate surface area is 135 Å². The third-order valence-electron chi connectivity index (χ3n) is 3.57. The lowest BCUT2D eigenvalue weighted by atomic mass is 10.3. The van der Waals surface area contributed by atoms with Gasteiger partial charge in [-0.15, -0.1) is 11.8 Å². The van der Waals surface area contributed by atoms with Gasteiger partial charge in [-0.3, -0.25) is 9.69 Å². The molecule has 0 bridgehead atoms. The fourth-order valence-electron chi connectivity index (χ4n) is 2.36. The van der Waals surface area contributed by atoms with Gasteiger partial charge in [0.05, 0.1) is 11.9 Å². The maximum atomic E-state index is 12.4. The van der Waals surface area contributed by atoms with Crippen LogP contribution in [0.3, 0.4) is 0 Å². The van der Waals surface area contributed by atoms with Crippen molar-refractivity contribution in [3.8, 4) is 0 Å². The first kappa shape index (κ1) is 16.6. The lowest BCUT2D eigenvalue weighted by Gasteiger charge is -2.35. The largest absolute Gasteiger partial charge is 0.395 e. The zero-order valence-electron chi connectivity index (χ0n) is 12.2. The van der Waals surface area contributed by atoms with E-state index in [-0.39, 0.29) is 17.8 Å². The molecule has 1 unspecified atom stereocenters. The van der Waals surface area contributed by atoms with E-state index in [1.807, 2.05) is 36.1 Å². The highest BCUT2D eigenvalue weighted by Gasteiger charge is 2.25. The number of piperazine rings is 1. The molecule has 1 heterocycles. The number of benzene rings is 1. The first-order valence-corrected chi connectivity index (χ1v) is 8.40. The van der Waals surface area contributed by atoms with Gasteiger partial charge in [0.25, 0.3) is 0 Å². The number of thioether (sulfide) groups is 1. The van der Waals surface area contributed by atoms with Crippen LogP contribution in [0.15, 0.2) is 29.2 Å². The van der Waals surface area contributed by atoms with Crippen LogP contribution in [-0.2, 0) is 4.79 Å². The van der Waals surface area contributed by atoms with Crippen LogP contribution < -0.4 is 0 Å². The van der Waals surface area contributed by atoms with Crippen molar-refractivity contribution in [2.75, 3.05) is 39.3 Å². The van der Waals surface area contributed by atoms with Gasteiger partial charge in [-0.2, -0.15) is 0 Å². The first-order chi connectivity index (χ1) is 10.1. The highest BCUT2D eigenvalue weighted by Crippen LogP contribution is 2.26. The Morgan fingerprint density at radius 1 is 1.29 bits per heavy atom. The molecule has 1 aromatic carbocycles. The van der Waals surface area contributed by atoms with Crippen molar-refractivity contribution >= 4 is 29.3 Å². The molecule has 0 aromatic heterocycles. The second-order valence-electron chi connectivity index (χ2n) is 5.10. The van der Waals surface area contributed by atoms with E-state index in [9.17, 15) is 4.79 Å². The van der Waals surface area contributed by atoms with Crippen LogP contribution in [0.1, 0.15) is 6.92 Å². The number of hydrogen-bond donors (Lipinski definition) is 1. The Morgan fingerprint density at radius 2 is 1.90 bits per heavy atom. The molecular formula is C15H21ClN2O2S. The van der Waals surface area contributed by atoms with Gasteiger partial charge in [0, 0.05) is 42.6 Å². The summed E-state index contributed by atoms with van der Waals surface area (Å²) in [4.78, 5) is 17.6. The topological polar surface area (TPSA) is 43.8 Å². The van der Waals surface area contributed by atoms with E-state index in [2.05, 4.69) is 4.90 Å². The van der Waals surface area contributed by atoms with E-state index in [4.69, 9.17) is 16.7 Å². The molecule has 1 aliphatic heterocycles. The summed E-state index contributed by atoms with van der Waals surface area (Å²) in [6.45, 7) is 5.97. The SMILES string of the molecule is CC(Sc1ccc(Cl)cc1)C(=O)N1CCN(CCO)CC1. The number of amides is 1. The van der Waals surface area contributed by atoms with Crippen LogP contribution >= 0.6 is 23.4 Å². The predicted octanol–water partition coefficient (Wildman–Crippen LogP) is 1.96. The molecule has 1 saturated heterocycles. The summed E-state index contributed by atoms with van der Waals surface area (Å²) in [6, 6.07) is 7.56. The molecule has 0 radical (unpaired) electrons. The van der Waals surface area contributed by atoms with Crippen molar-refractivity contribution in [2.45, 2.75) is 17.1 Å². The molecule has 1 atom stereocenters. The molecule has 4 nitrogen and oxygen atoms in total. The summed E-state index contributed by atoms with van der Waals surface area (Å²) >= 11 is 7.43. The third-order valence-corrected chi connectivity index (χ3v) is 4.93.